The van der Waals surface area contributed by atoms with Crippen LogP contribution in [0.2, 0.25) is 0 Å². The van der Waals surface area contributed by atoms with Gasteiger partial charge in [0.25, 0.3) is 0 Å². The average Bonchev–Trinajstić information content (AvgIpc) is 2.52. The van der Waals surface area contributed by atoms with Gasteiger partial charge >= 0.3 is 0 Å². The second-order valence-electron chi connectivity index (χ2n) is 6.56. The third kappa shape index (κ3) is 6.88. The first kappa shape index (κ1) is 21.1. The van der Waals surface area contributed by atoms with Crippen LogP contribution in [0.5, 0.6) is 0 Å². The predicted molar refractivity (Wildman–Crippen MR) is 91.6 cm³/mol. The van der Waals surface area contributed by atoms with Gasteiger partial charge in [0.1, 0.15) is 6.29 Å². The summed E-state index contributed by atoms with van der Waals surface area (Å²) in [6.07, 6.45) is 3.26. The molecule has 0 aliphatic carbocycles. The summed E-state index contributed by atoms with van der Waals surface area (Å²) in [6.45, 7) is 10.9. The van der Waals surface area contributed by atoms with Gasteiger partial charge in [-0.15, -0.1) is 0 Å². The molecule has 5 nitrogen and oxygen atoms in total. The number of aldehydes is 1. The normalized spacial score (nSPS) is 18.1. The lowest BCUT2D eigenvalue weighted by molar-refractivity contribution is -0.132. The highest BCUT2D eigenvalue weighted by Crippen LogP contribution is 2.11. The highest BCUT2D eigenvalue weighted by Gasteiger charge is 2.22. The van der Waals surface area contributed by atoms with Gasteiger partial charge in [0.2, 0.25) is 5.91 Å². The highest BCUT2D eigenvalue weighted by atomic mass is 16.2. The zero-order valence-corrected chi connectivity index (χ0v) is 15.1. The largest absolute Gasteiger partial charge is 0.342 e. The topological polar surface area (TPSA) is 75.4 Å². The smallest absolute Gasteiger partial charge is 0.224 e. The molecule has 130 valence electrons. The predicted octanol–water partition coefficient (Wildman–Crippen LogP) is 1.80. The Kier molecular flexibility index (Phi) is 10.3. The van der Waals surface area contributed by atoms with Crippen molar-refractivity contribution >= 4 is 12.2 Å². The molecule has 22 heavy (non-hydrogen) atoms. The van der Waals surface area contributed by atoms with E-state index in [4.69, 9.17) is 5.73 Å². The molecule has 0 aliphatic rings. The van der Waals surface area contributed by atoms with Crippen LogP contribution < -0.4 is 11.1 Å². The number of nitrogens with one attached hydrogen (secondary N) is 1. The van der Waals surface area contributed by atoms with Gasteiger partial charge in [-0.1, -0.05) is 40.5 Å². The van der Waals surface area contributed by atoms with Crippen LogP contribution in [0, 0.1) is 11.8 Å². The van der Waals surface area contributed by atoms with E-state index in [1.165, 1.54) is 0 Å². The molecule has 0 aromatic rings. The third-order valence-corrected chi connectivity index (χ3v) is 4.89. The van der Waals surface area contributed by atoms with Crippen LogP contribution in [0.1, 0.15) is 53.9 Å². The van der Waals surface area contributed by atoms with Crippen LogP contribution >= 0.6 is 0 Å². The number of nitrogens with two attached hydrogens (primary N) is 1. The van der Waals surface area contributed by atoms with Crippen LogP contribution in [0.15, 0.2) is 0 Å². The Morgan fingerprint density at radius 3 is 2.18 bits per heavy atom. The van der Waals surface area contributed by atoms with E-state index < -0.39 is 0 Å². The van der Waals surface area contributed by atoms with Crippen molar-refractivity contribution in [2.24, 2.45) is 17.6 Å². The van der Waals surface area contributed by atoms with Crippen molar-refractivity contribution in [2.45, 2.75) is 72.0 Å². The molecular weight excluding hydrogens is 278 g/mol. The Hall–Kier alpha value is -0.940. The van der Waals surface area contributed by atoms with Gasteiger partial charge in [-0.3, -0.25) is 4.79 Å². The number of hydrogen-bond donors (Lipinski definition) is 2. The summed E-state index contributed by atoms with van der Waals surface area (Å²) in [6, 6.07) is -0.218. The van der Waals surface area contributed by atoms with Gasteiger partial charge < -0.3 is 20.7 Å². The van der Waals surface area contributed by atoms with E-state index in [-0.39, 0.29) is 24.0 Å². The number of carbonyl (C=O) groups excluding carboxylic acids is 2. The molecule has 0 saturated heterocycles. The quantitative estimate of drug-likeness (QED) is 0.570. The summed E-state index contributed by atoms with van der Waals surface area (Å²) < 4.78 is 0. The van der Waals surface area contributed by atoms with Crippen LogP contribution in [0.3, 0.4) is 0 Å². The lowest BCUT2D eigenvalue weighted by Gasteiger charge is -2.29. The van der Waals surface area contributed by atoms with Gasteiger partial charge in [-0.2, -0.15) is 0 Å². The van der Waals surface area contributed by atoms with Gasteiger partial charge in [-0.25, -0.2) is 0 Å². The lowest BCUT2D eigenvalue weighted by Crippen LogP contribution is -2.47. The lowest BCUT2D eigenvalue weighted by atomic mass is 9.96. The first-order chi connectivity index (χ1) is 10.3. The number of hydrogen-bond acceptors (Lipinski definition) is 4. The van der Waals surface area contributed by atoms with Crippen molar-refractivity contribution in [2.75, 3.05) is 13.6 Å². The van der Waals surface area contributed by atoms with E-state index in [1.54, 1.807) is 11.9 Å². The fraction of sp³-hybridized carbons (Fsp3) is 0.882. The monoisotopic (exact) mass is 313 g/mol. The molecule has 0 fully saturated rings. The van der Waals surface area contributed by atoms with Gasteiger partial charge in [0.05, 0.1) is 6.04 Å². The fourth-order valence-electron chi connectivity index (χ4n) is 2.18. The first-order valence-electron chi connectivity index (χ1n) is 8.48. The summed E-state index contributed by atoms with van der Waals surface area (Å²) >= 11 is 0. The van der Waals surface area contributed by atoms with Crippen molar-refractivity contribution in [3.63, 3.8) is 0 Å². The van der Waals surface area contributed by atoms with Crippen molar-refractivity contribution in [3.05, 3.63) is 0 Å². The molecule has 3 N–H and O–H groups in total. The minimum absolute atomic E-state index is 0.0307. The standard InChI is InChI=1S/C17H35N3O2/c1-7-12(3)15(18)9-17(22)20(6)14(5)10-19-16(11-21)13(4)8-2/h11-16,19H,7-10,18H2,1-6H3/t12?,13-,14?,15?,16?/m1/s1. The Bertz CT molecular complexity index is 336. The molecule has 0 spiro atoms. The molecule has 4 unspecified atom stereocenters. The number of likely N-dealkylation sites (N-methyl/N-ethyl adjacent to an activating group) is 1. The second kappa shape index (κ2) is 10.7. The van der Waals surface area contributed by atoms with Crippen molar-refractivity contribution in [1.82, 2.24) is 10.2 Å². The summed E-state index contributed by atoms with van der Waals surface area (Å²) in [7, 11) is 1.80. The van der Waals surface area contributed by atoms with E-state index in [0.717, 1.165) is 19.1 Å². The molecule has 0 heterocycles. The number of carbonyl (C=O) groups is 2. The molecule has 0 bridgehead atoms. The van der Waals surface area contributed by atoms with E-state index in [0.29, 0.717) is 24.8 Å². The maximum absolute atomic E-state index is 12.3. The Labute approximate surface area is 136 Å². The van der Waals surface area contributed by atoms with Crippen molar-refractivity contribution in [1.29, 1.82) is 0 Å². The van der Waals surface area contributed by atoms with Crippen LogP contribution in [0.4, 0.5) is 0 Å². The molecule has 0 aromatic carbocycles. The van der Waals surface area contributed by atoms with Gasteiger partial charge in [-0.05, 0) is 18.8 Å². The minimum atomic E-state index is -0.154. The zero-order valence-electron chi connectivity index (χ0n) is 15.1. The van der Waals surface area contributed by atoms with Crippen molar-refractivity contribution in [3.8, 4) is 0 Å². The number of amides is 1. The molecule has 1 amide bonds. The summed E-state index contributed by atoms with van der Waals surface area (Å²) in [4.78, 5) is 25.1. The molecule has 0 saturated carbocycles. The number of nitrogens with zero attached hydrogens (tertiary/aromatic N) is 1. The second-order valence-corrected chi connectivity index (χ2v) is 6.56. The average molecular weight is 313 g/mol. The Morgan fingerprint density at radius 1 is 1.18 bits per heavy atom. The Balaban J connectivity index is 4.38. The summed E-state index contributed by atoms with van der Waals surface area (Å²) in [5.41, 5.74) is 6.06. The number of rotatable bonds is 11. The van der Waals surface area contributed by atoms with Gasteiger partial charge in [0.15, 0.2) is 0 Å². The Morgan fingerprint density at radius 2 is 1.73 bits per heavy atom. The molecular formula is C17H35N3O2. The molecule has 5 heteroatoms. The molecule has 5 atom stereocenters. The zero-order chi connectivity index (χ0) is 17.3. The summed E-state index contributed by atoms with van der Waals surface area (Å²) in [5.74, 6) is 0.702. The third-order valence-electron chi connectivity index (χ3n) is 4.89. The van der Waals surface area contributed by atoms with Gasteiger partial charge in [0, 0.05) is 32.1 Å². The summed E-state index contributed by atoms with van der Waals surface area (Å²) in [5, 5.41) is 3.25. The maximum Gasteiger partial charge on any atom is 0.224 e. The molecule has 0 radical (unpaired) electrons. The molecule has 0 rings (SSSR count). The minimum Gasteiger partial charge on any atom is -0.342 e. The molecule has 0 aromatic heterocycles. The van der Waals surface area contributed by atoms with Crippen LogP contribution in [-0.4, -0.2) is 48.8 Å². The van der Waals surface area contributed by atoms with Crippen molar-refractivity contribution < 1.29 is 9.59 Å². The molecule has 0 aliphatic heterocycles. The van der Waals surface area contributed by atoms with E-state index >= 15 is 0 Å². The fourth-order valence-corrected chi connectivity index (χ4v) is 2.18. The van der Waals surface area contributed by atoms with E-state index in [9.17, 15) is 9.59 Å². The van der Waals surface area contributed by atoms with Crippen LogP contribution in [-0.2, 0) is 9.59 Å². The van der Waals surface area contributed by atoms with Crippen LogP contribution in [0.25, 0.3) is 0 Å². The SMILES string of the molecule is CCC(C)C(N)CC(=O)N(C)C(C)CNC(C=O)[C@H](C)CC. The highest BCUT2D eigenvalue weighted by molar-refractivity contribution is 5.76. The van der Waals surface area contributed by atoms with E-state index in [1.807, 2.05) is 6.92 Å². The first-order valence-corrected chi connectivity index (χ1v) is 8.48. The maximum atomic E-state index is 12.3. The van der Waals surface area contributed by atoms with E-state index in [2.05, 4.69) is 33.0 Å².